The average Bonchev–Trinajstić information content (AvgIpc) is 2.78. The lowest BCUT2D eigenvalue weighted by Gasteiger charge is -2.06. The van der Waals surface area contributed by atoms with Crippen molar-refractivity contribution in [2.24, 2.45) is 11.1 Å². The fourth-order valence-corrected chi connectivity index (χ4v) is 1.90. The lowest BCUT2D eigenvalue weighted by Crippen LogP contribution is -2.03. The van der Waals surface area contributed by atoms with Crippen LogP contribution in [0.15, 0.2) is 29.6 Å². The molecule has 1 aromatic carbocycles. The second kappa shape index (κ2) is 5.08. The zero-order valence-corrected chi connectivity index (χ0v) is 10.5. The molecule has 0 aliphatic heterocycles. The van der Waals surface area contributed by atoms with Crippen LogP contribution in [-0.2, 0) is 6.54 Å². The highest BCUT2D eigenvalue weighted by atomic mass is 16.3. The van der Waals surface area contributed by atoms with Gasteiger partial charge < -0.3 is 0 Å². The second-order valence-corrected chi connectivity index (χ2v) is 4.69. The molecule has 0 N–H and O–H groups in total. The van der Waals surface area contributed by atoms with Crippen molar-refractivity contribution in [2.75, 3.05) is 0 Å². The number of carbonyl (C=O) groups is 1. The number of hydrogen-bond donors (Lipinski definition) is 0. The highest BCUT2D eigenvalue weighted by Crippen LogP contribution is 2.20. The van der Waals surface area contributed by atoms with E-state index in [-0.39, 0.29) is 0 Å². The number of aromatic nitrogens is 2. The van der Waals surface area contributed by atoms with Crippen molar-refractivity contribution in [3.63, 3.8) is 0 Å². The molecule has 0 atom stereocenters. The zero-order valence-electron chi connectivity index (χ0n) is 10.5. The Labute approximate surface area is 105 Å². The highest BCUT2D eigenvalue weighted by molar-refractivity contribution is 6.06. The third-order valence-corrected chi connectivity index (χ3v) is 2.92. The van der Waals surface area contributed by atoms with E-state index in [1.165, 1.54) is 0 Å². The Morgan fingerprint density at radius 2 is 2.22 bits per heavy atom. The van der Waals surface area contributed by atoms with E-state index >= 15 is 0 Å². The van der Waals surface area contributed by atoms with E-state index in [4.69, 9.17) is 0 Å². The van der Waals surface area contributed by atoms with Gasteiger partial charge in [-0.05, 0) is 24.5 Å². The van der Waals surface area contributed by atoms with Crippen LogP contribution >= 0.6 is 0 Å². The Morgan fingerprint density at radius 1 is 1.44 bits per heavy atom. The summed E-state index contributed by atoms with van der Waals surface area (Å²) in [6.07, 6.45) is 2.63. The fourth-order valence-electron chi connectivity index (χ4n) is 1.90. The van der Waals surface area contributed by atoms with Gasteiger partial charge in [0.05, 0.1) is 17.3 Å². The number of carbonyl (C=O) groups excluding carboxylic acids is 1. The molecule has 0 saturated heterocycles. The number of nitrogens with zero attached hydrogens (tertiary/aromatic N) is 3. The van der Waals surface area contributed by atoms with Gasteiger partial charge in [0.2, 0.25) is 0 Å². The summed E-state index contributed by atoms with van der Waals surface area (Å²) in [4.78, 5) is 21.7. The van der Waals surface area contributed by atoms with Crippen LogP contribution in [-0.4, -0.2) is 15.7 Å². The summed E-state index contributed by atoms with van der Waals surface area (Å²) >= 11 is 0. The molecule has 1 amide bonds. The van der Waals surface area contributed by atoms with Crippen molar-refractivity contribution in [1.82, 2.24) is 9.78 Å². The first-order valence-electron chi connectivity index (χ1n) is 5.95. The van der Waals surface area contributed by atoms with Crippen molar-refractivity contribution in [3.8, 4) is 0 Å². The molecule has 0 radical (unpaired) electrons. The van der Waals surface area contributed by atoms with Crippen LogP contribution in [0.4, 0.5) is 0 Å². The first-order chi connectivity index (χ1) is 8.63. The lowest BCUT2D eigenvalue weighted by atomic mass is 10.1. The molecule has 2 rings (SSSR count). The molecule has 5 heteroatoms. The standard InChI is InChI=1S/C13H15N3O2/c1-9(2)6-7-16-12-5-3-4-10(13(17)15-18)11(12)8-14-16/h3-5,8-9H,6-7H2,1-2H3. The molecule has 5 nitrogen and oxygen atoms in total. The fraction of sp³-hybridized carbons (Fsp3) is 0.385. The summed E-state index contributed by atoms with van der Waals surface area (Å²) in [6, 6.07) is 5.24. The van der Waals surface area contributed by atoms with Gasteiger partial charge in [-0.3, -0.25) is 9.48 Å². The van der Waals surface area contributed by atoms with Crippen molar-refractivity contribution >= 4 is 16.8 Å². The van der Waals surface area contributed by atoms with E-state index in [1.807, 2.05) is 10.7 Å². The summed E-state index contributed by atoms with van der Waals surface area (Å²) < 4.78 is 1.86. The molecular formula is C13H15N3O2. The Bertz CT molecular complexity index is 587. The van der Waals surface area contributed by atoms with Gasteiger partial charge in [-0.2, -0.15) is 5.10 Å². The van der Waals surface area contributed by atoms with Crippen LogP contribution in [0.3, 0.4) is 0 Å². The average molecular weight is 245 g/mol. The predicted octanol–water partition coefficient (Wildman–Crippen LogP) is 2.99. The van der Waals surface area contributed by atoms with Crippen molar-refractivity contribution in [1.29, 1.82) is 0 Å². The summed E-state index contributed by atoms with van der Waals surface area (Å²) in [5.41, 5.74) is 1.18. The molecule has 1 heterocycles. The summed E-state index contributed by atoms with van der Waals surface area (Å²) in [6.45, 7) is 5.10. The molecule has 2 aromatic rings. The topological polar surface area (TPSA) is 64.3 Å². The van der Waals surface area contributed by atoms with Crippen LogP contribution in [0.1, 0.15) is 30.6 Å². The number of benzene rings is 1. The maximum absolute atomic E-state index is 11.4. The smallest absolute Gasteiger partial charge is 0.265 e. The molecule has 18 heavy (non-hydrogen) atoms. The molecule has 0 unspecified atom stereocenters. The van der Waals surface area contributed by atoms with Gasteiger partial charge >= 0.3 is 5.91 Å². The third kappa shape index (κ3) is 2.30. The highest BCUT2D eigenvalue weighted by Gasteiger charge is 2.13. The summed E-state index contributed by atoms with van der Waals surface area (Å²) in [5, 5.41) is 7.42. The largest absolute Gasteiger partial charge is 0.317 e. The van der Waals surface area contributed by atoms with Gasteiger partial charge in [-0.15, -0.1) is 4.91 Å². The maximum Gasteiger partial charge on any atom is 0.317 e. The van der Waals surface area contributed by atoms with Crippen molar-refractivity contribution in [3.05, 3.63) is 34.9 Å². The monoisotopic (exact) mass is 245 g/mol. The molecule has 0 fully saturated rings. The van der Waals surface area contributed by atoms with Gasteiger partial charge in [-0.1, -0.05) is 19.9 Å². The molecule has 0 aliphatic rings. The lowest BCUT2D eigenvalue weighted by molar-refractivity contribution is 0.100. The van der Waals surface area contributed by atoms with Gasteiger partial charge in [0.25, 0.3) is 0 Å². The number of fused-ring (bicyclic) bond motifs is 1. The first kappa shape index (κ1) is 12.4. The van der Waals surface area contributed by atoms with E-state index in [0.717, 1.165) is 18.5 Å². The number of nitroso groups, excluding NO2 is 1. The van der Waals surface area contributed by atoms with Crippen LogP contribution in [0.5, 0.6) is 0 Å². The molecule has 1 aromatic heterocycles. The van der Waals surface area contributed by atoms with Crippen molar-refractivity contribution < 1.29 is 4.79 Å². The maximum atomic E-state index is 11.4. The van der Waals surface area contributed by atoms with E-state index in [9.17, 15) is 9.70 Å². The van der Waals surface area contributed by atoms with Crippen LogP contribution in [0, 0.1) is 10.8 Å². The molecule has 0 aliphatic carbocycles. The second-order valence-electron chi connectivity index (χ2n) is 4.69. The van der Waals surface area contributed by atoms with Gasteiger partial charge in [0, 0.05) is 17.1 Å². The van der Waals surface area contributed by atoms with Gasteiger partial charge in [0.15, 0.2) is 0 Å². The van der Waals surface area contributed by atoms with E-state index < -0.39 is 5.91 Å². The zero-order chi connectivity index (χ0) is 13.1. The van der Waals surface area contributed by atoms with E-state index in [2.05, 4.69) is 24.1 Å². The van der Waals surface area contributed by atoms with Crippen molar-refractivity contribution in [2.45, 2.75) is 26.8 Å². The minimum absolute atomic E-state index is 0.318. The summed E-state index contributed by atoms with van der Waals surface area (Å²) in [5.74, 6) is -0.158. The van der Waals surface area contributed by atoms with Crippen LogP contribution in [0.25, 0.3) is 10.9 Å². The van der Waals surface area contributed by atoms with E-state index in [0.29, 0.717) is 16.9 Å². The third-order valence-electron chi connectivity index (χ3n) is 2.92. The van der Waals surface area contributed by atoms with Gasteiger partial charge in [-0.25, -0.2) is 0 Å². The normalized spacial score (nSPS) is 11.1. The molecule has 0 spiro atoms. The Morgan fingerprint density at radius 3 is 2.89 bits per heavy atom. The van der Waals surface area contributed by atoms with Crippen LogP contribution in [0.2, 0.25) is 0 Å². The minimum atomic E-state index is -0.746. The number of hydrogen-bond acceptors (Lipinski definition) is 3. The number of aryl methyl sites for hydroxylation is 1. The minimum Gasteiger partial charge on any atom is -0.265 e. The molecular weight excluding hydrogens is 230 g/mol. The molecule has 0 bridgehead atoms. The first-order valence-corrected chi connectivity index (χ1v) is 5.95. The number of amides is 1. The Kier molecular flexibility index (Phi) is 3.50. The summed E-state index contributed by atoms with van der Waals surface area (Å²) in [7, 11) is 0. The van der Waals surface area contributed by atoms with Gasteiger partial charge in [0.1, 0.15) is 0 Å². The molecule has 0 saturated carbocycles. The quantitative estimate of drug-likeness (QED) is 0.778. The molecule has 94 valence electrons. The Balaban J connectivity index is 2.42. The predicted molar refractivity (Wildman–Crippen MR) is 69.3 cm³/mol. The van der Waals surface area contributed by atoms with Crippen LogP contribution < -0.4 is 0 Å². The Hall–Kier alpha value is -2.04. The SMILES string of the molecule is CC(C)CCn1ncc2c(C(=O)N=O)cccc21. The number of rotatable bonds is 4. The van der Waals surface area contributed by atoms with E-state index in [1.54, 1.807) is 18.3 Å².